The molecule has 1 N–H and O–H groups in total. The van der Waals surface area contributed by atoms with E-state index in [0.717, 1.165) is 5.69 Å². The molecule has 0 unspecified atom stereocenters. The van der Waals surface area contributed by atoms with Gasteiger partial charge in [-0.25, -0.2) is 9.18 Å². The quantitative estimate of drug-likeness (QED) is 0.650. The van der Waals surface area contributed by atoms with E-state index in [-0.39, 0.29) is 23.8 Å². The number of hydrogen-bond acceptors (Lipinski definition) is 4. The summed E-state index contributed by atoms with van der Waals surface area (Å²) in [4.78, 5) is 28.3. The van der Waals surface area contributed by atoms with Crippen LogP contribution in [-0.4, -0.2) is 15.5 Å². The van der Waals surface area contributed by atoms with E-state index in [1.54, 1.807) is 35.8 Å². The van der Waals surface area contributed by atoms with E-state index in [1.807, 2.05) is 13.0 Å². The molecule has 1 aromatic heterocycles. The molecule has 1 heterocycles. The number of para-hydroxylation sites is 2. The second-order valence-corrected chi connectivity index (χ2v) is 6.68. The summed E-state index contributed by atoms with van der Waals surface area (Å²) in [7, 11) is 0. The van der Waals surface area contributed by atoms with Crippen LogP contribution in [0.4, 0.5) is 10.1 Å². The molecule has 0 saturated heterocycles. The highest BCUT2D eigenvalue weighted by Gasteiger charge is 2.10. The molecule has 0 saturated carbocycles. The Labute approximate surface area is 168 Å². The van der Waals surface area contributed by atoms with Crippen molar-refractivity contribution in [2.75, 3.05) is 5.32 Å². The number of aryl methyl sites for hydroxylation is 2. The normalized spacial score (nSPS) is 10.6. The molecular weight excluding hydrogens is 373 g/mol. The maximum atomic E-state index is 13.0. The van der Waals surface area contributed by atoms with Crippen molar-refractivity contribution in [2.45, 2.75) is 33.2 Å². The van der Waals surface area contributed by atoms with Gasteiger partial charge in [-0.3, -0.25) is 9.36 Å². The van der Waals surface area contributed by atoms with E-state index in [1.165, 1.54) is 24.3 Å². The first kappa shape index (κ1) is 20.3. The lowest BCUT2D eigenvalue weighted by Gasteiger charge is -2.13. The fourth-order valence-corrected chi connectivity index (χ4v) is 2.95. The highest BCUT2D eigenvalue weighted by Crippen LogP contribution is 2.29. The number of aromatic nitrogens is 2. The molecule has 6 nitrogen and oxygen atoms in total. The summed E-state index contributed by atoms with van der Waals surface area (Å²) in [5.41, 5.74) is 1.72. The molecule has 2 aromatic carbocycles. The first-order valence-electron chi connectivity index (χ1n) is 9.30. The van der Waals surface area contributed by atoms with E-state index in [4.69, 9.17) is 4.74 Å². The van der Waals surface area contributed by atoms with Gasteiger partial charge in [-0.05, 0) is 62.7 Å². The van der Waals surface area contributed by atoms with Crippen LogP contribution >= 0.6 is 0 Å². The second kappa shape index (κ2) is 9.14. The number of carbonyl (C=O) groups excluding carboxylic acids is 1. The average Bonchev–Trinajstić information content (AvgIpc) is 2.67. The standard InChI is InChI=1S/C22H22FN3O3/c1-15-14-16(2)26(22(28)24-15)13-5-8-21(27)25-19-6-3-4-7-20(19)29-18-11-9-17(23)10-12-18/h3-4,6-7,9-12,14H,5,8,13H2,1-2H3,(H,25,27). The number of nitrogens with zero attached hydrogens (tertiary/aromatic N) is 2. The molecule has 1 amide bonds. The average molecular weight is 395 g/mol. The molecule has 0 spiro atoms. The molecule has 3 rings (SSSR count). The first-order chi connectivity index (χ1) is 13.9. The van der Waals surface area contributed by atoms with Crippen molar-refractivity contribution < 1.29 is 13.9 Å². The van der Waals surface area contributed by atoms with Gasteiger partial charge < -0.3 is 10.1 Å². The van der Waals surface area contributed by atoms with Crippen LogP contribution in [0.25, 0.3) is 0 Å². The van der Waals surface area contributed by atoms with Crippen LogP contribution < -0.4 is 15.7 Å². The molecule has 0 aliphatic carbocycles. The highest BCUT2D eigenvalue weighted by atomic mass is 19.1. The number of nitrogens with one attached hydrogen (secondary N) is 1. The Balaban J connectivity index is 1.60. The first-order valence-corrected chi connectivity index (χ1v) is 9.30. The van der Waals surface area contributed by atoms with Crippen molar-refractivity contribution in [1.82, 2.24) is 9.55 Å². The zero-order chi connectivity index (χ0) is 20.8. The Hall–Kier alpha value is -3.48. The van der Waals surface area contributed by atoms with Crippen LogP contribution in [0.2, 0.25) is 0 Å². The number of anilines is 1. The number of ether oxygens (including phenoxy) is 1. The third kappa shape index (κ3) is 5.51. The lowest BCUT2D eigenvalue weighted by molar-refractivity contribution is -0.116. The van der Waals surface area contributed by atoms with E-state index >= 15 is 0 Å². The molecule has 0 aliphatic heterocycles. The molecule has 0 bridgehead atoms. The van der Waals surface area contributed by atoms with Crippen LogP contribution in [0.5, 0.6) is 11.5 Å². The van der Waals surface area contributed by atoms with Crippen LogP contribution in [0.15, 0.2) is 59.4 Å². The molecule has 0 fully saturated rings. The predicted molar refractivity (Wildman–Crippen MR) is 109 cm³/mol. The Morgan fingerprint density at radius 1 is 1.14 bits per heavy atom. The molecule has 0 radical (unpaired) electrons. The molecule has 29 heavy (non-hydrogen) atoms. The van der Waals surface area contributed by atoms with Crippen molar-refractivity contribution >= 4 is 11.6 Å². The Kier molecular flexibility index (Phi) is 6.39. The smallest absolute Gasteiger partial charge is 0.347 e. The van der Waals surface area contributed by atoms with Gasteiger partial charge in [0.15, 0.2) is 5.75 Å². The van der Waals surface area contributed by atoms with Gasteiger partial charge in [0.25, 0.3) is 0 Å². The monoisotopic (exact) mass is 395 g/mol. The van der Waals surface area contributed by atoms with Crippen LogP contribution in [0.1, 0.15) is 24.2 Å². The van der Waals surface area contributed by atoms with Crippen LogP contribution in [0, 0.1) is 19.7 Å². The highest BCUT2D eigenvalue weighted by molar-refractivity contribution is 5.92. The van der Waals surface area contributed by atoms with E-state index in [0.29, 0.717) is 35.8 Å². The molecule has 0 atom stereocenters. The van der Waals surface area contributed by atoms with Gasteiger partial charge in [-0.1, -0.05) is 12.1 Å². The number of benzene rings is 2. The maximum Gasteiger partial charge on any atom is 0.347 e. The van der Waals surface area contributed by atoms with Crippen LogP contribution in [-0.2, 0) is 11.3 Å². The Morgan fingerprint density at radius 3 is 2.59 bits per heavy atom. The van der Waals surface area contributed by atoms with Crippen molar-refractivity contribution in [1.29, 1.82) is 0 Å². The summed E-state index contributed by atoms with van der Waals surface area (Å²) in [6, 6.07) is 14.5. The SMILES string of the molecule is Cc1cc(C)n(CCCC(=O)Nc2ccccc2Oc2ccc(F)cc2)c(=O)n1. The van der Waals surface area contributed by atoms with Gasteiger partial charge in [-0.15, -0.1) is 0 Å². The predicted octanol–water partition coefficient (Wildman–Crippen LogP) is 4.21. The van der Waals surface area contributed by atoms with Crippen molar-refractivity contribution in [3.63, 3.8) is 0 Å². The number of rotatable bonds is 7. The molecule has 7 heteroatoms. The Morgan fingerprint density at radius 2 is 1.86 bits per heavy atom. The summed E-state index contributed by atoms with van der Waals surface area (Å²) in [5, 5.41) is 2.83. The van der Waals surface area contributed by atoms with Crippen molar-refractivity contribution in [3.8, 4) is 11.5 Å². The number of carbonyl (C=O) groups is 1. The van der Waals surface area contributed by atoms with Gasteiger partial charge in [0.1, 0.15) is 11.6 Å². The topological polar surface area (TPSA) is 73.2 Å². The van der Waals surface area contributed by atoms with Gasteiger partial charge in [0, 0.05) is 24.4 Å². The zero-order valence-electron chi connectivity index (χ0n) is 16.3. The van der Waals surface area contributed by atoms with Gasteiger partial charge >= 0.3 is 5.69 Å². The molecular formula is C22H22FN3O3. The largest absolute Gasteiger partial charge is 0.455 e. The number of amides is 1. The van der Waals surface area contributed by atoms with Gasteiger partial charge in [0.2, 0.25) is 5.91 Å². The fourth-order valence-electron chi connectivity index (χ4n) is 2.95. The third-order valence-corrected chi connectivity index (χ3v) is 4.33. The third-order valence-electron chi connectivity index (χ3n) is 4.33. The van der Waals surface area contributed by atoms with E-state index in [2.05, 4.69) is 10.3 Å². The summed E-state index contributed by atoms with van der Waals surface area (Å²) in [6.45, 7) is 4.04. The minimum absolute atomic E-state index is 0.189. The van der Waals surface area contributed by atoms with Crippen LogP contribution in [0.3, 0.4) is 0 Å². The summed E-state index contributed by atoms with van der Waals surface area (Å²) < 4.78 is 20.4. The Bertz CT molecular complexity index is 1060. The molecule has 150 valence electrons. The van der Waals surface area contributed by atoms with E-state index < -0.39 is 0 Å². The van der Waals surface area contributed by atoms with Gasteiger partial charge in [0.05, 0.1) is 5.69 Å². The molecule has 3 aromatic rings. The second-order valence-electron chi connectivity index (χ2n) is 6.68. The molecule has 0 aliphatic rings. The lowest BCUT2D eigenvalue weighted by atomic mass is 10.2. The lowest BCUT2D eigenvalue weighted by Crippen LogP contribution is -2.26. The van der Waals surface area contributed by atoms with Crippen molar-refractivity contribution in [3.05, 3.63) is 82.3 Å². The summed E-state index contributed by atoms with van der Waals surface area (Å²) >= 11 is 0. The minimum Gasteiger partial charge on any atom is -0.455 e. The van der Waals surface area contributed by atoms with E-state index in [9.17, 15) is 14.0 Å². The minimum atomic E-state index is -0.350. The number of halogens is 1. The van der Waals surface area contributed by atoms with Gasteiger partial charge in [-0.2, -0.15) is 4.98 Å². The fraction of sp³-hybridized carbons (Fsp3) is 0.227. The summed E-state index contributed by atoms with van der Waals surface area (Å²) in [6.07, 6.45) is 0.739. The zero-order valence-corrected chi connectivity index (χ0v) is 16.3. The number of hydrogen-bond donors (Lipinski definition) is 1. The maximum absolute atomic E-state index is 13.0. The van der Waals surface area contributed by atoms with Crippen molar-refractivity contribution in [2.24, 2.45) is 0 Å². The summed E-state index contributed by atoms with van der Waals surface area (Å²) in [5.74, 6) is 0.389.